The minimum absolute atomic E-state index is 0.0160. The fraction of sp³-hybridized carbons (Fsp3) is 0.273. The highest BCUT2D eigenvalue weighted by Gasteiger charge is 2.16. The molecule has 0 fully saturated rings. The second-order valence-corrected chi connectivity index (χ2v) is 6.60. The molecule has 0 atom stereocenters. The van der Waals surface area contributed by atoms with Gasteiger partial charge in [-0.05, 0) is 28.6 Å². The molecule has 0 spiro atoms. The van der Waals surface area contributed by atoms with Crippen LogP contribution >= 0.6 is 0 Å². The zero-order valence-electron chi connectivity index (χ0n) is 16.4. The fourth-order valence-corrected chi connectivity index (χ4v) is 3.23. The number of benzene rings is 2. The molecule has 3 aromatic rings. The summed E-state index contributed by atoms with van der Waals surface area (Å²) in [5, 5.41) is 1.77. The van der Waals surface area contributed by atoms with Crippen LogP contribution in [0, 0.1) is 0 Å². The zero-order chi connectivity index (χ0) is 20.1. The Labute approximate surface area is 164 Å². The highest BCUT2D eigenvalue weighted by Crippen LogP contribution is 2.34. The number of likely N-dealkylation sites (N-methyl/N-ethyl adjacent to an activating group) is 1. The molecule has 6 nitrogen and oxygen atoms in total. The van der Waals surface area contributed by atoms with Crippen molar-refractivity contribution in [2.75, 3.05) is 21.3 Å². The summed E-state index contributed by atoms with van der Waals surface area (Å²) in [5.41, 5.74) is 8.53. The number of hydrogen-bond acceptors (Lipinski definition) is 5. The Morgan fingerprint density at radius 1 is 1.07 bits per heavy atom. The van der Waals surface area contributed by atoms with E-state index in [-0.39, 0.29) is 12.3 Å². The average Bonchev–Trinajstić information content (AvgIpc) is 2.73. The molecule has 1 amide bonds. The van der Waals surface area contributed by atoms with Gasteiger partial charge in [0.1, 0.15) is 0 Å². The molecule has 0 saturated carbocycles. The van der Waals surface area contributed by atoms with Gasteiger partial charge in [-0.25, -0.2) is 0 Å². The molecule has 1 heterocycles. The van der Waals surface area contributed by atoms with Crippen molar-refractivity contribution in [2.24, 2.45) is 5.73 Å². The predicted octanol–water partition coefficient (Wildman–Crippen LogP) is 2.91. The van der Waals surface area contributed by atoms with Gasteiger partial charge in [0.2, 0.25) is 5.91 Å². The van der Waals surface area contributed by atoms with Gasteiger partial charge in [0.15, 0.2) is 11.5 Å². The van der Waals surface area contributed by atoms with Crippen LogP contribution in [-0.2, 0) is 24.3 Å². The molecule has 2 N–H and O–H groups in total. The summed E-state index contributed by atoms with van der Waals surface area (Å²) in [6.45, 7) is 0.858. The Morgan fingerprint density at radius 3 is 2.32 bits per heavy atom. The lowest BCUT2D eigenvalue weighted by Gasteiger charge is -2.19. The second kappa shape index (κ2) is 8.71. The van der Waals surface area contributed by atoms with E-state index in [9.17, 15) is 4.79 Å². The van der Waals surface area contributed by atoms with E-state index in [0.717, 1.165) is 27.6 Å². The number of rotatable bonds is 7. The van der Waals surface area contributed by atoms with E-state index in [4.69, 9.17) is 15.2 Å². The van der Waals surface area contributed by atoms with Crippen LogP contribution < -0.4 is 15.2 Å². The Balaban J connectivity index is 1.92. The van der Waals surface area contributed by atoms with Crippen molar-refractivity contribution < 1.29 is 14.3 Å². The molecule has 28 heavy (non-hydrogen) atoms. The summed E-state index contributed by atoms with van der Waals surface area (Å²) in [6, 6.07) is 13.7. The number of carbonyl (C=O) groups is 1. The van der Waals surface area contributed by atoms with Gasteiger partial charge >= 0.3 is 0 Å². The van der Waals surface area contributed by atoms with Gasteiger partial charge in [0.25, 0.3) is 0 Å². The van der Waals surface area contributed by atoms with Crippen LogP contribution in [0.5, 0.6) is 11.5 Å². The van der Waals surface area contributed by atoms with E-state index >= 15 is 0 Å². The summed E-state index contributed by atoms with van der Waals surface area (Å²) in [5.74, 6) is 1.23. The molecule has 0 aliphatic heterocycles. The summed E-state index contributed by atoms with van der Waals surface area (Å²) in [4.78, 5) is 19.0. The number of nitrogens with zero attached hydrogens (tertiary/aromatic N) is 2. The maximum Gasteiger partial charge on any atom is 0.227 e. The number of hydrogen-bond donors (Lipinski definition) is 1. The molecular formula is C22H25N3O3. The third-order valence-corrected chi connectivity index (χ3v) is 4.78. The van der Waals surface area contributed by atoms with Crippen LogP contribution in [0.3, 0.4) is 0 Å². The van der Waals surface area contributed by atoms with Crippen molar-refractivity contribution in [3.8, 4) is 11.5 Å². The standard InChI is InChI=1S/C22H25N3O3/c1-25(14-15-7-5-4-6-8-15)22(26)9-16-13-24-19(12-23)18-11-21(28-3)20(27-2)10-17(16)18/h4-8,10-11,13H,9,12,14,23H2,1-3H3. The number of methoxy groups -OCH3 is 2. The van der Waals surface area contributed by atoms with Gasteiger partial charge in [-0.15, -0.1) is 0 Å². The van der Waals surface area contributed by atoms with Gasteiger partial charge in [-0.2, -0.15) is 0 Å². The van der Waals surface area contributed by atoms with Crippen molar-refractivity contribution in [3.05, 3.63) is 65.5 Å². The molecule has 3 rings (SSSR count). The normalized spacial score (nSPS) is 10.7. The smallest absolute Gasteiger partial charge is 0.227 e. The SMILES string of the molecule is COc1cc2c(CC(=O)N(C)Cc3ccccc3)cnc(CN)c2cc1OC. The number of fused-ring (bicyclic) bond motifs is 1. The topological polar surface area (TPSA) is 77.7 Å². The van der Waals surface area contributed by atoms with E-state index in [0.29, 0.717) is 24.6 Å². The van der Waals surface area contributed by atoms with E-state index in [1.807, 2.05) is 49.5 Å². The maximum atomic E-state index is 12.8. The first kappa shape index (κ1) is 19.6. The monoisotopic (exact) mass is 379 g/mol. The highest BCUT2D eigenvalue weighted by atomic mass is 16.5. The summed E-state index contributed by atoms with van der Waals surface area (Å²) in [6.07, 6.45) is 1.97. The van der Waals surface area contributed by atoms with Crippen molar-refractivity contribution >= 4 is 16.7 Å². The second-order valence-electron chi connectivity index (χ2n) is 6.60. The number of ether oxygens (including phenoxy) is 2. The Hall–Kier alpha value is -3.12. The Morgan fingerprint density at radius 2 is 1.71 bits per heavy atom. The predicted molar refractivity (Wildman–Crippen MR) is 109 cm³/mol. The highest BCUT2D eigenvalue weighted by molar-refractivity contribution is 5.93. The van der Waals surface area contributed by atoms with Crippen LogP contribution in [0.2, 0.25) is 0 Å². The molecule has 0 unspecified atom stereocenters. The first-order valence-electron chi connectivity index (χ1n) is 9.07. The van der Waals surface area contributed by atoms with Crippen LogP contribution in [0.4, 0.5) is 0 Å². The first-order valence-corrected chi connectivity index (χ1v) is 9.07. The molecule has 0 radical (unpaired) electrons. The van der Waals surface area contributed by atoms with E-state index in [2.05, 4.69) is 4.98 Å². The fourth-order valence-electron chi connectivity index (χ4n) is 3.23. The lowest BCUT2D eigenvalue weighted by atomic mass is 10.0. The Kier molecular flexibility index (Phi) is 6.11. The molecule has 0 bridgehead atoms. The molecule has 0 aliphatic rings. The van der Waals surface area contributed by atoms with Gasteiger partial charge in [-0.3, -0.25) is 9.78 Å². The first-order chi connectivity index (χ1) is 13.6. The molecule has 0 saturated heterocycles. The van der Waals surface area contributed by atoms with Crippen LogP contribution in [0.1, 0.15) is 16.8 Å². The largest absolute Gasteiger partial charge is 0.493 e. The van der Waals surface area contributed by atoms with Gasteiger partial charge in [0, 0.05) is 31.7 Å². The molecule has 6 heteroatoms. The van der Waals surface area contributed by atoms with E-state index in [1.165, 1.54) is 0 Å². The quantitative estimate of drug-likeness (QED) is 0.683. The molecule has 2 aromatic carbocycles. The van der Waals surface area contributed by atoms with E-state index in [1.54, 1.807) is 25.3 Å². The van der Waals surface area contributed by atoms with Crippen molar-refractivity contribution in [3.63, 3.8) is 0 Å². The van der Waals surface area contributed by atoms with Crippen molar-refractivity contribution in [2.45, 2.75) is 19.5 Å². The lowest BCUT2D eigenvalue weighted by molar-refractivity contribution is -0.129. The average molecular weight is 379 g/mol. The maximum absolute atomic E-state index is 12.8. The summed E-state index contributed by atoms with van der Waals surface area (Å²) >= 11 is 0. The lowest BCUT2D eigenvalue weighted by Crippen LogP contribution is -2.27. The van der Waals surface area contributed by atoms with Crippen LogP contribution in [0.25, 0.3) is 10.8 Å². The summed E-state index contributed by atoms with van der Waals surface area (Å²) < 4.78 is 10.8. The minimum Gasteiger partial charge on any atom is -0.493 e. The minimum atomic E-state index is 0.0160. The van der Waals surface area contributed by atoms with E-state index < -0.39 is 0 Å². The van der Waals surface area contributed by atoms with Crippen molar-refractivity contribution in [1.82, 2.24) is 9.88 Å². The molecule has 0 aliphatic carbocycles. The number of amides is 1. The van der Waals surface area contributed by atoms with Gasteiger partial charge in [0.05, 0.1) is 26.3 Å². The van der Waals surface area contributed by atoms with Crippen LogP contribution in [-0.4, -0.2) is 37.1 Å². The molecule has 146 valence electrons. The zero-order valence-corrected chi connectivity index (χ0v) is 16.4. The third-order valence-electron chi connectivity index (χ3n) is 4.78. The third kappa shape index (κ3) is 4.07. The van der Waals surface area contributed by atoms with Gasteiger partial charge < -0.3 is 20.1 Å². The number of aromatic nitrogens is 1. The van der Waals surface area contributed by atoms with Crippen molar-refractivity contribution in [1.29, 1.82) is 0 Å². The Bertz CT molecular complexity index is 974. The molecule has 1 aromatic heterocycles. The summed E-state index contributed by atoms with van der Waals surface area (Å²) in [7, 11) is 4.99. The molecular weight excluding hydrogens is 354 g/mol. The van der Waals surface area contributed by atoms with Crippen LogP contribution in [0.15, 0.2) is 48.7 Å². The van der Waals surface area contributed by atoms with Gasteiger partial charge in [-0.1, -0.05) is 30.3 Å². The number of nitrogens with two attached hydrogens (primary N) is 1. The number of pyridine rings is 1. The number of carbonyl (C=O) groups excluding carboxylic acids is 1.